The van der Waals surface area contributed by atoms with E-state index in [2.05, 4.69) is 5.32 Å². The quantitative estimate of drug-likeness (QED) is 0.645. The molecule has 0 radical (unpaired) electrons. The van der Waals surface area contributed by atoms with Gasteiger partial charge in [-0.15, -0.1) is 24.0 Å². The van der Waals surface area contributed by atoms with E-state index in [1.165, 1.54) is 0 Å². The molecule has 10 heavy (non-hydrogen) atoms. The predicted octanol–water partition coefficient (Wildman–Crippen LogP) is 1.01. The van der Waals surface area contributed by atoms with Gasteiger partial charge in [0.05, 0.1) is 6.10 Å². The Morgan fingerprint density at radius 3 is 2.30 bits per heavy atom. The fraction of sp³-hybridized carbons (Fsp3) is 1.00. The summed E-state index contributed by atoms with van der Waals surface area (Å²) in [6, 6.07) is 0.419. The van der Waals surface area contributed by atoms with Crippen LogP contribution in [0.3, 0.4) is 0 Å². The second kappa shape index (κ2) is 7.61. The van der Waals surface area contributed by atoms with Crippen molar-refractivity contribution in [2.45, 2.75) is 26.0 Å². The van der Waals surface area contributed by atoms with Gasteiger partial charge in [-0.2, -0.15) is 0 Å². The van der Waals surface area contributed by atoms with Crippen LogP contribution in [0, 0.1) is 0 Å². The molecule has 0 heterocycles. The smallest absolute Gasteiger partial charge is 0.0799 e. The first-order valence-corrected chi connectivity index (χ1v) is 3.67. The molecular formula is C6H15Cl2NO. The minimum atomic E-state index is -0.408. The zero-order valence-electron chi connectivity index (χ0n) is 6.30. The molecule has 0 saturated heterocycles. The van der Waals surface area contributed by atoms with Crippen LogP contribution in [0.5, 0.6) is 0 Å². The monoisotopic (exact) mass is 187 g/mol. The molecule has 64 valence electrons. The summed E-state index contributed by atoms with van der Waals surface area (Å²) < 4.78 is 0. The maximum absolute atomic E-state index is 8.91. The molecule has 0 saturated carbocycles. The minimum absolute atomic E-state index is 0. The highest BCUT2D eigenvalue weighted by Crippen LogP contribution is 1.85. The Bertz CT molecular complexity index is 70.8. The molecule has 1 atom stereocenters. The number of aliphatic hydroxyl groups is 1. The molecule has 0 aliphatic rings. The standard InChI is InChI=1S/C6H14ClNO.ClH/c1-5(2)8-4-6(9)3-7;/h5-6,8-9H,3-4H2,1-2H3;1H/t6-;/m1./s1. The first kappa shape index (κ1) is 13.1. The Morgan fingerprint density at radius 1 is 1.50 bits per heavy atom. The first-order valence-electron chi connectivity index (χ1n) is 3.14. The molecular weight excluding hydrogens is 173 g/mol. The van der Waals surface area contributed by atoms with Gasteiger partial charge in [0.1, 0.15) is 0 Å². The number of hydrogen-bond donors (Lipinski definition) is 2. The molecule has 0 spiro atoms. The third kappa shape index (κ3) is 8.50. The summed E-state index contributed by atoms with van der Waals surface area (Å²) in [4.78, 5) is 0. The minimum Gasteiger partial charge on any atom is -0.391 e. The topological polar surface area (TPSA) is 32.3 Å². The molecule has 4 heteroatoms. The van der Waals surface area contributed by atoms with Gasteiger partial charge in [-0.05, 0) is 0 Å². The maximum Gasteiger partial charge on any atom is 0.0799 e. The Kier molecular flexibility index (Phi) is 9.97. The third-order valence-electron chi connectivity index (χ3n) is 0.940. The number of halogens is 2. The van der Waals surface area contributed by atoms with Crippen LogP contribution >= 0.6 is 24.0 Å². The summed E-state index contributed by atoms with van der Waals surface area (Å²) in [5, 5.41) is 12.0. The van der Waals surface area contributed by atoms with Crippen molar-refractivity contribution in [1.29, 1.82) is 0 Å². The molecule has 2 N–H and O–H groups in total. The van der Waals surface area contributed by atoms with Crippen LogP contribution in [0.2, 0.25) is 0 Å². The van der Waals surface area contributed by atoms with Gasteiger partial charge in [-0.1, -0.05) is 13.8 Å². The molecule has 0 unspecified atom stereocenters. The number of rotatable bonds is 4. The Hall–Kier alpha value is 0.500. The molecule has 0 aliphatic heterocycles. The van der Waals surface area contributed by atoms with E-state index < -0.39 is 6.10 Å². The van der Waals surface area contributed by atoms with Gasteiger partial charge in [-0.3, -0.25) is 0 Å². The molecule has 0 aromatic rings. The van der Waals surface area contributed by atoms with Gasteiger partial charge >= 0.3 is 0 Å². The van der Waals surface area contributed by atoms with E-state index >= 15 is 0 Å². The first-order chi connectivity index (χ1) is 4.16. The van der Waals surface area contributed by atoms with Gasteiger partial charge in [0.25, 0.3) is 0 Å². The second-order valence-electron chi connectivity index (χ2n) is 2.37. The fourth-order valence-corrected chi connectivity index (χ4v) is 0.535. The van der Waals surface area contributed by atoms with Crippen molar-refractivity contribution in [2.75, 3.05) is 12.4 Å². The third-order valence-corrected chi connectivity index (χ3v) is 1.30. The summed E-state index contributed by atoms with van der Waals surface area (Å²) in [7, 11) is 0. The van der Waals surface area contributed by atoms with Gasteiger partial charge in [0.2, 0.25) is 0 Å². The average molecular weight is 188 g/mol. The van der Waals surface area contributed by atoms with Crippen LogP contribution in [0.25, 0.3) is 0 Å². The normalized spacial score (nSPS) is 12.9. The molecule has 2 nitrogen and oxygen atoms in total. The molecule has 0 aromatic heterocycles. The van der Waals surface area contributed by atoms with E-state index in [9.17, 15) is 0 Å². The Labute approximate surface area is 73.4 Å². The van der Waals surface area contributed by atoms with Crippen molar-refractivity contribution >= 4 is 24.0 Å². The Morgan fingerprint density at radius 2 is 2.00 bits per heavy atom. The van der Waals surface area contributed by atoms with Crippen LogP contribution in [0.15, 0.2) is 0 Å². The van der Waals surface area contributed by atoms with Gasteiger partial charge < -0.3 is 10.4 Å². The van der Waals surface area contributed by atoms with Crippen LogP contribution < -0.4 is 5.32 Å². The van der Waals surface area contributed by atoms with Gasteiger partial charge in [0, 0.05) is 18.5 Å². The van der Waals surface area contributed by atoms with Crippen molar-refractivity contribution < 1.29 is 5.11 Å². The lowest BCUT2D eigenvalue weighted by atomic mass is 10.3. The van der Waals surface area contributed by atoms with Crippen molar-refractivity contribution in [3.8, 4) is 0 Å². The molecule has 0 aliphatic carbocycles. The lowest BCUT2D eigenvalue weighted by Gasteiger charge is -2.10. The predicted molar refractivity (Wildman–Crippen MR) is 47.1 cm³/mol. The molecule has 0 rings (SSSR count). The van der Waals surface area contributed by atoms with Crippen LogP contribution in [-0.4, -0.2) is 29.7 Å². The molecule has 0 amide bonds. The number of hydrogen-bond acceptors (Lipinski definition) is 2. The van der Waals surface area contributed by atoms with Crippen molar-refractivity contribution in [1.82, 2.24) is 5.32 Å². The van der Waals surface area contributed by atoms with E-state index in [0.717, 1.165) is 0 Å². The highest BCUT2D eigenvalue weighted by Gasteiger charge is 2.00. The van der Waals surface area contributed by atoms with E-state index in [1.807, 2.05) is 13.8 Å². The van der Waals surface area contributed by atoms with E-state index in [4.69, 9.17) is 16.7 Å². The SMILES string of the molecule is CC(C)NC[C@H](O)CCl.Cl. The summed E-state index contributed by atoms with van der Waals surface area (Å²) in [5.74, 6) is 0.305. The summed E-state index contributed by atoms with van der Waals surface area (Å²) in [6.07, 6.45) is -0.408. The summed E-state index contributed by atoms with van der Waals surface area (Å²) >= 11 is 5.35. The van der Waals surface area contributed by atoms with Crippen molar-refractivity contribution in [2.24, 2.45) is 0 Å². The fourth-order valence-electron chi connectivity index (χ4n) is 0.426. The highest BCUT2D eigenvalue weighted by atomic mass is 35.5. The number of aliphatic hydroxyl groups excluding tert-OH is 1. The number of alkyl halides is 1. The summed E-state index contributed by atoms with van der Waals surface area (Å²) in [6.45, 7) is 4.64. The second-order valence-corrected chi connectivity index (χ2v) is 2.68. The van der Waals surface area contributed by atoms with Gasteiger partial charge in [0.15, 0.2) is 0 Å². The lowest BCUT2D eigenvalue weighted by Crippen LogP contribution is -2.32. The Balaban J connectivity index is 0. The van der Waals surface area contributed by atoms with E-state index in [0.29, 0.717) is 18.5 Å². The zero-order valence-corrected chi connectivity index (χ0v) is 7.87. The highest BCUT2D eigenvalue weighted by molar-refractivity contribution is 6.18. The average Bonchev–Trinajstić information content (AvgIpc) is 1.83. The van der Waals surface area contributed by atoms with Crippen molar-refractivity contribution in [3.05, 3.63) is 0 Å². The van der Waals surface area contributed by atoms with E-state index in [-0.39, 0.29) is 12.4 Å². The van der Waals surface area contributed by atoms with Crippen LogP contribution in [0.4, 0.5) is 0 Å². The largest absolute Gasteiger partial charge is 0.391 e. The van der Waals surface area contributed by atoms with Crippen LogP contribution in [0.1, 0.15) is 13.8 Å². The van der Waals surface area contributed by atoms with Gasteiger partial charge in [-0.25, -0.2) is 0 Å². The molecule has 0 bridgehead atoms. The van der Waals surface area contributed by atoms with Crippen LogP contribution in [-0.2, 0) is 0 Å². The molecule has 0 fully saturated rings. The molecule has 0 aromatic carbocycles. The summed E-state index contributed by atoms with van der Waals surface area (Å²) in [5.41, 5.74) is 0. The zero-order chi connectivity index (χ0) is 7.28. The lowest BCUT2D eigenvalue weighted by molar-refractivity contribution is 0.191. The maximum atomic E-state index is 8.91. The van der Waals surface area contributed by atoms with E-state index in [1.54, 1.807) is 0 Å². The number of nitrogens with one attached hydrogen (secondary N) is 1. The van der Waals surface area contributed by atoms with Crippen molar-refractivity contribution in [3.63, 3.8) is 0 Å².